The van der Waals surface area contributed by atoms with E-state index in [9.17, 15) is 9.90 Å². The van der Waals surface area contributed by atoms with Gasteiger partial charge in [0.2, 0.25) is 0 Å². The zero-order chi connectivity index (χ0) is 11.8. The van der Waals surface area contributed by atoms with Crippen molar-refractivity contribution in [2.24, 2.45) is 11.1 Å². The fraction of sp³-hybridized carbons (Fsp3) is 0.667. The van der Waals surface area contributed by atoms with Gasteiger partial charge in [-0.1, -0.05) is 16.8 Å². The molecular weight excluding hydrogens is 229 g/mol. The van der Waals surface area contributed by atoms with Crippen molar-refractivity contribution in [3.05, 3.63) is 11.6 Å². The first-order chi connectivity index (χ1) is 7.51. The molecule has 1 aliphatic carbocycles. The summed E-state index contributed by atoms with van der Waals surface area (Å²) in [5, 5.41) is 14.3. The molecule has 0 N–H and O–H groups in total. The standard InChI is InChI=1S/C12H17NO3.Na/c1-8-3-5-9(6-4-8)12(2)7-10(11(14)15)13-16-12;/h3,9H,4-7H2,1-2H3,(H,14,15);/q;+1/p-1. The van der Waals surface area contributed by atoms with Gasteiger partial charge in [0.25, 0.3) is 0 Å². The molecule has 2 unspecified atom stereocenters. The molecule has 1 aliphatic heterocycles. The van der Waals surface area contributed by atoms with Crippen LogP contribution in [0.25, 0.3) is 0 Å². The molecule has 0 radical (unpaired) electrons. The van der Waals surface area contributed by atoms with Gasteiger partial charge < -0.3 is 14.7 Å². The SMILES string of the molecule is CC1=CCC(C2(C)CC(C(=O)[O-])=NO2)CC1.[Na+]. The largest absolute Gasteiger partial charge is 1.00 e. The molecule has 0 amide bonds. The molecule has 2 rings (SSSR count). The number of carbonyl (C=O) groups excluding carboxylic acids is 1. The predicted octanol–water partition coefficient (Wildman–Crippen LogP) is -1.98. The number of rotatable bonds is 2. The molecule has 0 bridgehead atoms. The fourth-order valence-electron chi connectivity index (χ4n) is 2.40. The average Bonchev–Trinajstić information content (AvgIpc) is 2.63. The number of carboxylic acids is 1. The quantitative estimate of drug-likeness (QED) is 0.418. The van der Waals surface area contributed by atoms with Crippen LogP contribution in [0.3, 0.4) is 0 Å². The zero-order valence-corrected chi connectivity index (χ0v) is 12.7. The number of nitrogens with zero attached hydrogens (tertiary/aromatic N) is 1. The van der Waals surface area contributed by atoms with Gasteiger partial charge in [0.1, 0.15) is 11.3 Å². The molecule has 88 valence electrons. The van der Waals surface area contributed by atoms with Crippen LogP contribution in [-0.4, -0.2) is 17.3 Å². The van der Waals surface area contributed by atoms with Crippen LogP contribution in [-0.2, 0) is 9.63 Å². The van der Waals surface area contributed by atoms with Crippen molar-refractivity contribution >= 4 is 11.7 Å². The maximum atomic E-state index is 10.7. The second kappa shape index (κ2) is 5.55. The molecule has 0 fully saturated rings. The molecule has 4 nitrogen and oxygen atoms in total. The number of carboxylic acid groups (broad SMARTS) is 1. The summed E-state index contributed by atoms with van der Waals surface area (Å²) in [7, 11) is 0. The molecule has 2 atom stereocenters. The van der Waals surface area contributed by atoms with Crippen molar-refractivity contribution < 1.29 is 44.3 Å². The summed E-state index contributed by atoms with van der Waals surface area (Å²) in [6, 6.07) is 0. The molecule has 0 aromatic heterocycles. The van der Waals surface area contributed by atoms with E-state index in [0.717, 1.165) is 19.3 Å². The smallest absolute Gasteiger partial charge is 0.543 e. The van der Waals surface area contributed by atoms with Gasteiger partial charge in [-0.05, 0) is 33.1 Å². The monoisotopic (exact) mass is 245 g/mol. The molecule has 0 saturated heterocycles. The van der Waals surface area contributed by atoms with Crippen LogP contribution >= 0.6 is 0 Å². The van der Waals surface area contributed by atoms with Crippen LogP contribution in [0.15, 0.2) is 16.8 Å². The Kier molecular flexibility index (Phi) is 4.81. The van der Waals surface area contributed by atoms with Crippen LogP contribution in [0.1, 0.15) is 39.5 Å². The third-order valence-corrected chi connectivity index (χ3v) is 3.62. The van der Waals surface area contributed by atoms with E-state index >= 15 is 0 Å². The number of oxime groups is 1. The number of allylic oxidation sites excluding steroid dienone is 2. The maximum Gasteiger partial charge on any atom is 1.00 e. The summed E-state index contributed by atoms with van der Waals surface area (Å²) >= 11 is 0. The van der Waals surface area contributed by atoms with Crippen molar-refractivity contribution in [3.8, 4) is 0 Å². The van der Waals surface area contributed by atoms with Crippen molar-refractivity contribution in [2.45, 2.75) is 45.1 Å². The Morgan fingerprint density at radius 2 is 2.35 bits per heavy atom. The van der Waals surface area contributed by atoms with Gasteiger partial charge >= 0.3 is 29.6 Å². The molecule has 2 aliphatic rings. The average molecular weight is 245 g/mol. The van der Waals surface area contributed by atoms with E-state index in [1.807, 2.05) is 6.92 Å². The molecule has 5 heteroatoms. The van der Waals surface area contributed by atoms with Crippen molar-refractivity contribution in [2.75, 3.05) is 0 Å². The van der Waals surface area contributed by atoms with Gasteiger partial charge in [-0.3, -0.25) is 0 Å². The second-order valence-electron chi connectivity index (χ2n) is 4.93. The molecule has 17 heavy (non-hydrogen) atoms. The van der Waals surface area contributed by atoms with Gasteiger partial charge in [-0.25, -0.2) is 0 Å². The Morgan fingerprint density at radius 1 is 1.65 bits per heavy atom. The van der Waals surface area contributed by atoms with Gasteiger partial charge in [0.15, 0.2) is 0 Å². The summed E-state index contributed by atoms with van der Waals surface area (Å²) in [5.41, 5.74) is 0.972. The van der Waals surface area contributed by atoms with Crippen molar-refractivity contribution in [1.82, 2.24) is 0 Å². The molecule has 0 aromatic rings. The second-order valence-corrected chi connectivity index (χ2v) is 4.93. The van der Waals surface area contributed by atoms with E-state index in [1.165, 1.54) is 5.57 Å². The van der Waals surface area contributed by atoms with E-state index in [1.54, 1.807) is 0 Å². The summed E-state index contributed by atoms with van der Waals surface area (Å²) in [6.07, 6.45) is 5.60. The fourth-order valence-corrected chi connectivity index (χ4v) is 2.40. The molecule has 0 aromatic carbocycles. The van der Waals surface area contributed by atoms with Crippen molar-refractivity contribution in [3.63, 3.8) is 0 Å². The summed E-state index contributed by atoms with van der Waals surface area (Å²) in [4.78, 5) is 16.0. The Labute approximate surface area is 123 Å². The summed E-state index contributed by atoms with van der Waals surface area (Å²) in [6.45, 7) is 4.06. The first-order valence-electron chi connectivity index (χ1n) is 5.63. The Hall–Kier alpha value is -0.320. The van der Waals surface area contributed by atoms with Gasteiger partial charge in [0.05, 0.1) is 5.97 Å². The number of hydrogen-bond acceptors (Lipinski definition) is 4. The van der Waals surface area contributed by atoms with E-state index in [-0.39, 0.29) is 35.3 Å². The van der Waals surface area contributed by atoms with E-state index in [2.05, 4.69) is 18.2 Å². The molecular formula is C12H16NNaO3. The minimum absolute atomic E-state index is 0. The van der Waals surface area contributed by atoms with Crippen molar-refractivity contribution in [1.29, 1.82) is 0 Å². The Morgan fingerprint density at radius 3 is 2.82 bits per heavy atom. The number of aliphatic carboxylic acids is 1. The predicted molar refractivity (Wildman–Crippen MR) is 57.6 cm³/mol. The summed E-state index contributed by atoms with van der Waals surface area (Å²) in [5.74, 6) is -0.872. The van der Waals surface area contributed by atoms with Crippen LogP contribution < -0.4 is 34.7 Å². The number of carbonyl (C=O) groups is 1. The van der Waals surface area contributed by atoms with Crippen LogP contribution in [0.4, 0.5) is 0 Å². The third kappa shape index (κ3) is 3.12. The first kappa shape index (κ1) is 14.7. The molecule has 0 spiro atoms. The minimum Gasteiger partial charge on any atom is -0.543 e. The topological polar surface area (TPSA) is 61.7 Å². The zero-order valence-electron chi connectivity index (χ0n) is 10.7. The van der Waals surface area contributed by atoms with E-state index < -0.39 is 11.6 Å². The van der Waals surface area contributed by atoms with E-state index in [4.69, 9.17) is 4.84 Å². The van der Waals surface area contributed by atoms with Gasteiger partial charge in [-0.15, -0.1) is 0 Å². The third-order valence-electron chi connectivity index (χ3n) is 3.62. The van der Waals surface area contributed by atoms with Gasteiger partial charge in [-0.2, -0.15) is 0 Å². The molecule has 1 heterocycles. The van der Waals surface area contributed by atoms with Gasteiger partial charge in [0, 0.05) is 12.3 Å². The van der Waals surface area contributed by atoms with Crippen LogP contribution in [0.2, 0.25) is 0 Å². The normalized spacial score (nSPS) is 32.0. The van der Waals surface area contributed by atoms with Crippen LogP contribution in [0.5, 0.6) is 0 Å². The molecule has 0 saturated carbocycles. The Bertz CT molecular complexity index is 378. The van der Waals surface area contributed by atoms with Crippen LogP contribution in [0, 0.1) is 5.92 Å². The summed E-state index contributed by atoms with van der Waals surface area (Å²) < 4.78 is 0. The minimum atomic E-state index is -1.22. The number of hydrogen-bond donors (Lipinski definition) is 0. The maximum absolute atomic E-state index is 10.7. The first-order valence-corrected chi connectivity index (χ1v) is 5.63. The van der Waals surface area contributed by atoms with E-state index in [0.29, 0.717) is 12.3 Å². The Balaban J connectivity index is 0.00000144.